The monoisotopic (exact) mass is 586 g/mol. The van der Waals surface area contributed by atoms with Crippen molar-refractivity contribution in [1.29, 1.82) is 5.26 Å². The lowest BCUT2D eigenvalue weighted by molar-refractivity contribution is 0.0881. The highest BCUT2D eigenvalue weighted by atomic mass is 32.2. The Balaban J connectivity index is 1.56. The predicted octanol–water partition coefficient (Wildman–Crippen LogP) is 6.92. The van der Waals surface area contributed by atoms with E-state index in [4.69, 9.17) is 9.72 Å². The molecule has 9 heteroatoms. The Morgan fingerprint density at radius 1 is 1.15 bits per heavy atom. The molecule has 1 aliphatic rings. The molecule has 1 aliphatic carbocycles. The number of nitrogens with zero attached hydrogens (tertiary/aromatic N) is 4. The maximum absolute atomic E-state index is 14.0. The molecule has 7 nitrogen and oxygen atoms in total. The average molecular weight is 587 g/mol. The molecule has 0 amide bonds. The van der Waals surface area contributed by atoms with Crippen LogP contribution in [0.4, 0.5) is 0 Å². The number of imidazole rings is 1. The quantitative estimate of drug-likeness (QED) is 0.157. The van der Waals surface area contributed by atoms with Crippen molar-refractivity contribution in [2.75, 3.05) is 6.61 Å². The lowest BCUT2D eigenvalue weighted by atomic mass is 9.98. The number of fused-ring (bicyclic) bond motifs is 2. The topological polar surface area (TPSA) is 89.9 Å². The Morgan fingerprint density at radius 2 is 1.93 bits per heavy atom. The molecule has 0 saturated heterocycles. The number of nitriles is 1. The summed E-state index contributed by atoms with van der Waals surface area (Å²) in [4.78, 5) is 4.93. The zero-order valence-electron chi connectivity index (χ0n) is 24.7. The first-order valence-corrected chi connectivity index (χ1v) is 19.2. The summed E-state index contributed by atoms with van der Waals surface area (Å²) in [6, 6.07) is 14.7. The van der Waals surface area contributed by atoms with Crippen LogP contribution in [0, 0.1) is 18.3 Å². The van der Waals surface area contributed by atoms with Gasteiger partial charge in [0.2, 0.25) is 10.0 Å². The number of hydrogen-bond acceptors (Lipinski definition) is 5. The van der Waals surface area contributed by atoms with Gasteiger partial charge in [0.1, 0.15) is 17.3 Å². The molecule has 0 bridgehead atoms. The molecule has 1 atom stereocenters. The Bertz CT molecular complexity index is 1850. The summed E-state index contributed by atoms with van der Waals surface area (Å²) in [6.45, 7) is 13.7. The van der Waals surface area contributed by atoms with E-state index in [1.807, 2.05) is 60.9 Å². The van der Waals surface area contributed by atoms with Gasteiger partial charge in [0.15, 0.2) is 0 Å². The van der Waals surface area contributed by atoms with Gasteiger partial charge in [-0.2, -0.15) is 5.26 Å². The number of rotatable bonds is 9. The van der Waals surface area contributed by atoms with Gasteiger partial charge in [-0.15, -0.1) is 0 Å². The second-order valence-electron chi connectivity index (χ2n) is 12.5. The van der Waals surface area contributed by atoms with E-state index in [0.717, 1.165) is 45.0 Å². The molecule has 0 N–H and O–H groups in total. The summed E-state index contributed by atoms with van der Waals surface area (Å²) < 4.78 is 36.7. The van der Waals surface area contributed by atoms with Gasteiger partial charge in [-0.25, -0.2) is 17.4 Å². The third-order valence-electron chi connectivity index (χ3n) is 7.91. The number of ether oxygens (including phenoxy) is 1. The smallest absolute Gasteiger partial charge is 0.248 e. The SMILES string of the molecule is CC1=CC(C)(S(=O)(=O)n2ccc3c(Cc4nc5ccc(C#N)cc5n4COCC[Si](C)(C)C)ccc(C)c32)CC=C1. The summed E-state index contributed by atoms with van der Waals surface area (Å²) in [7, 11) is -4.98. The number of aryl methyl sites for hydroxylation is 1. The number of aromatic nitrogens is 3. The maximum Gasteiger partial charge on any atom is 0.248 e. The van der Waals surface area contributed by atoms with Crippen molar-refractivity contribution in [3.63, 3.8) is 0 Å². The molecule has 2 aromatic heterocycles. The molecule has 0 fully saturated rings. The Kier molecular flexibility index (Phi) is 7.62. The summed E-state index contributed by atoms with van der Waals surface area (Å²) in [5.41, 5.74) is 5.76. The molecule has 41 heavy (non-hydrogen) atoms. The van der Waals surface area contributed by atoms with Gasteiger partial charge in [-0.1, -0.05) is 55.6 Å². The molecule has 2 aromatic carbocycles. The first-order chi connectivity index (χ1) is 19.3. The zero-order chi connectivity index (χ0) is 29.6. The van der Waals surface area contributed by atoms with E-state index in [1.165, 1.54) is 3.97 Å². The summed E-state index contributed by atoms with van der Waals surface area (Å²) >= 11 is 0. The van der Waals surface area contributed by atoms with Crippen LogP contribution in [0.3, 0.4) is 0 Å². The van der Waals surface area contributed by atoms with Gasteiger partial charge in [-0.05, 0) is 68.6 Å². The summed E-state index contributed by atoms with van der Waals surface area (Å²) in [5.74, 6) is 0.812. The van der Waals surface area contributed by atoms with Crippen LogP contribution in [0.5, 0.6) is 0 Å². The molecule has 214 valence electrons. The van der Waals surface area contributed by atoms with Crippen LogP contribution in [-0.2, 0) is 27.9 Å². The number of allylic oxidation sites excluding steroid dienone is 3. The van der Waals surface area contributed by atoms with Crippen LogP contribution in [0.1, 0.15) is 42.8 Å². The highest BCUT2D eigenvalue weighted by Gasteiger charge is 2.39. The zero-order valence-corrected chi connectivity index (χ0v) is 26.5. The number of benzene rings is 2. The predicted molar refractivity (Wildman–Crippen MR) is 168 cm³/mol. The van der Waals surface area contributed by atoms with E-state index in [2.05, 4.69) is 31.8 Å². The highest BCUT2D eigenvalue weighted by molar-refractivity contribution is 7.91. The van der Waals surface area contributed by atoms with Crippen molar-refractivity contribution in [1.82, 2.24) is 13.5 Å². The van der Waals surface area contributed by atoms with Crippen LogP contribution in [0.15, 0.2) is 66.4 Å². The molecule has 0 radical (unpaired) electrons. The van der Waals surface area contributed by atoms with Crippen molar-refractivity contribution >= 4 is 40.0 Å². The molecule has 0 saturated carbocycles. The second kappa shape index (κ2) is 10.7. The van der Waals surface area contributed by atoms with Crippen LogP contribution in [0.2, 0.25) is 25.7 Å². The lowest BCUT2D eigenvalue weighted by Crippen LogP contribution is -2.38. The van der Waals surface area contributed by atoms with E-state index < -0.39 is 22.8 Å². The van der Waals surface area contributed by atoms with Gasteiger partial charge in [0.25, 0.3) is 0 Å². The maximum atomic E-state index is 14.0. The van der Waals surface area contributed by atoms with Gasteiger partial charge in [-0.3, -0.25) is 0 Å². The van der Waals surface area contributed by atoms with E-state index in [-0.39, 0.29) is 0 Å². The first-order valence-electron chi connectivity index (χ1n) is 14.0. The largest absolute Gasteiger partial charge is 0.361 e. The Labute approximate surface area is 243 Å². The molecule has 4 aromatic rings. The molecule has 5 rings (SSSR count). The van der Waals surface area contributed by atoms with E-state index in [0.29, 0.717) is 37.3 Å². The van der Waals surface area contributed by atoms with Crippen molar-refractivity contribution in [2.24, 2.45) is 0 Å². The first kappa shape index (κ1) is 29.1. The van der Waals surface area contributed by atoms with E-state index in [1.54, 1.807) is 19.2 Å². The average Bonchev–Trinajstić information content (AvgIpc) is 3.50. The number of hydrogen-bond donors (Lipinski definition) is 0. The van der Waals surface area contributed by atoms with Gasteiger partial charge >= 0.3 is 0 Å². The van der Waals surface area contributed by atoms with Crippen LogP contribution < -0.4 is 0 Å². The minimum atomic E-state index is -3.73. The van der Waals surface area contributed by atoms with Crippen molar-refractivity contribution < 1.29 is 13.2 Å². The van der Waals surface area contributed by atoms with Crippen molar-refractivity contribution in [3.8, 4) is 6.07 Å². The van der Waals surface area contributed by atoms with Crippen LogP contribution in [-0.4, -0.2) is 41.4 Å². The van der Waals surface area contributed by atoms with Crippen molar-refractivity contribution in [3.05, 3.63) is 88.9 Å². The van der Waals surface area contributed by atoms with Gasteiger partial charge in [0, 0.05) is 32.7 Å². The fourth-order valence-electron chi connectivity index (χ4n) is 5.51. The van der Waals surface area contributed by atoms with E-state index in [9.17, 15) is 13.7 Å². The fourth-order valence-corrected chi connectivity index (χ4v) is 8.06. The summed E-state index contributed by atoms with van der Waals surface area (Å²) in [6.07, 6.45) is 8.36. The van der Waals surface area contributed by atoms with Crippen LogP contribution in [0.25, 0.3) is 21.9 Å². The van der Waals surface area contributed by atoms with Gasteiger partial charge in [0.05, 0.1) is 28.2 Å². The van der Waals surface area contributed by atoms with Crippen LogP contribution >= 0.6 is 0 Å². The normalized spacial score (nSPS) is 17.7. The molecule has 1 unspecified atom stereocenters. The summed E-state index contributed by atoms with van der Waals surface area (Å²) in [5, 5.41) is 10.4. The third kappa shape index (κ3) is 5.56. The highest BCUT2D eigenvalue weighted by Crippen LogP contribution is 2.35. The van der Waals surface area contributed by atoms with Crippen molar-refractivity contribution in [2.45, 2.75) is 70.8 Å². The van der Waals surface area contributed by atoms with E-state index >= 15 is 0 Å². The molecule has 2 heterocycles. The Morgan fingerprint density at radius 3 is 2.63 bits per heavy atom. The molecular formula is C32H38N4O3SSi. The van der Waals surface area contributed by atoms with Gasteiger partial charge < -0.3 is 9.30 Å². The lowest BCUT2D eigenvalue weighted by Gasteiger charge is -2.28. The minimum absolute atomic E-state index is 0.340. The molecule has 0 aliphatic heterocycles. The minimum Gasteiger partial charge on any atom is -0.361 e. The molecular weight excluding hydrogens is 549 g/mol. The standard InChI is InChI=1S/C32H38N4O3SSi/c1-23-8-7-14-32(3,20-23)40(37,38)36-15-13-27-26(11-9-24(2)31(27)36)19-30-34-28-12-10-25(21-33)18-29(28)35(30)22-39-16-17-41(4,5)6/h7-13,15,18,20H,14,16-17,19,22H2,1-6H3. The molecule has 0 spiro atoms. The second-order valence-corrected chi connectivity index (χ2v) is 20.4. The Hall–Kier alpha value is -3.45. The fraction of sp³-hybridized carbons (Fsp3) is 0.375. The third-order valence-corrected chi connectivity index (χ3v) is 11.9.